The minimum atomic E-state index is -0.276. The highest BCUT2D eigenvalue weighted by atomic mass is 127. The molecule has 1 aromatic carbocycles. The van der Waals surface area contributed by atoms with Crippen LogP contribution in [-0.4, -0.2) is 13.1 Å². The van der Waals surface area contributed by atoms with E-state index >= 15 is 0 Å². The largest absolute Gasteiger partial charge is 0.469 e. The number of benzene rings is 1. The highest BCUT2D eigenvalue weighted by Gasteiger charge is 2.14. The van der Waals surface area contributed by atoms with Gasteiger partial charge in [-0.05, 0) is 52.3 Å². The highest BCUT2D eigenvalue weighted by molar-refractivity contribution is 14.1. The van der Waals surface area contributed by atoms with E-state index in [0.29, 0.717) is 0 Å². The van der Waals surface area contributed by atoms with E-state index in [1.165, 1.54) is 19.2 Å². The van der Waals surface area contributed by atoms with Crippen molar-refractivity contribution >= 4 is 28.6 Å². The Labute approximate surface area is 102 Å². The molecule has 0 fully saturated rings. The summed E-state index contributed by atoms with van der Waals surface area (Å²) in [6.07, 6.45) is 0.274. The zero-order chi connectivity index (χ0) is 11.4. The Balaban J connectivity index is 2.85. The van der Waals surface area contributed by atoms with Gasteiger partial charge in [-0.3, -0.25) is 4.79 Å². The lowest BCUT2D eigenvalue weighted by Gasteiger charge is -2.12. The van der Waals surface area contributed by atoms with E-state index in [-0.39, 0.29) is 24.1 Å². The van der Waals surface area contributed by atoms with Gasteiger partial charge in [0.1, 0.15) is 5.82 Å². The monoisotopic (exact) mass is 322 g/mol. The van der Waals surface area contributed by atoms with Crippen molar-refractivity contribution in [3.63, 3.8) is 0 Å². The summed E-state index contributed by atoms with van der Waals surface area (Å²) in [5.41, 5.74) is 0.848. The Kier molecular flexibility index (Phi) is 4.50. The summed E-state index contributed by atoms with van der Waals surface area (Å²) in [7, 11) is 1.35. The standard InChI is InChI=1S/C11H12FIO2/c1-7(5-11(14)15-2)9-6-8(12)3-4-10(9)13/h3-4,6-7H,5H2,1-2H3. The Hall–Kier alpha value is -0.650. The molecule has 1 atom stereocenters. The van der Waals surface area contributed by atoms with Crippen molar-refractivity contribution in [1.29, 1.82) is 0 Å². The number of hydrogen-bond donors (Lipinski definition) is 0. The van der Waals surface area contributed by atoms with E-state index in [9.17, 15) is 9.18 Å². The number of carbonyl (C=O) groups is 1. The van der Waals surface area contributed by atoms with Gasteiger partial charge < -0.3 is 4.74 Å². The molecule has 0 aliphatic rings. The number of halogens is 2. The van der Waals surface area contributed by atoms with Gasteiger partial charge in [0, 0.05) is 3.57 Å². The van der Waals surface area contributed by atoms with E-state index in [2.05, 4.69) is 27.3 Å². The lowest BCUT2D eigenvalue weighted by Crippen LogP contribution is -2.07. The molecule has 1 aromatic rings. The van der Waals surface area contributed by atoms with E-state index < -0.39 is 0 Å². The van der Waals surface area contributed by atoms with Crippen LogP contribution in [0.15, 0.2) is 18.2 Å². The Morgan fingerprint density at radius 3 is 2.87 bits per heavy atom. The predicted octanol–water partition coefficient (Wildman–Crippen LogP) is 3.10. The SMILES string of the molecule is COC(=O)CC(C)c1cc(F)ccc1I. The molecule has 1 unspecified atom stereocenters. The van der Waals surface area contributed by atoms with Crippen molar-refractivity contribution in [2.24, 2.45) is 0 Å². The van der Waals surface area contributed by atoms with Crippen LogP contribution in [0.25, 0.3) is 0 Å². The first-order valence-corrected chi connectivity index (χ1v) is 5.64. The summed E-state index contributed by atoms with van der Waals surface area (Å²) in [5.74, 6) is -0.579. The molecule has 0 radical (unpaired) electrons. The molecular formula is C11H12FIO2. The van der Waals surface area contributed by atoms with Crippen LogP contribution in [-0.2, 0) is 9.53 Å². The number of hydrogen-bond acceptors (Lipinski definition) is 2. The summed E-state index contributed by atoms with van der Waals surface area (Å²) in [4.78, 5) is 11.1. The van der Waals surface area contributed by atoms with Crippen molar-refractivity contribution in [1.82, 2.24) is 0 Å². The molecule has 0 aromatic heterocycles. The van der Waals surface area contributed by atoms with Gasteiger partial charge in [-0.15, -0.1) is 0 Å². The van der Waals surface area contributed by atoms with Crippen LogP contribution in [0.4, 0.5) is 4.39 Å². The normalized spacial score (nSPS) is 12.3. The fourth-order valence-electron chi connectivity index (χ4n) is 1.34. The summed E-state index contributed by atoms with van der Waals surface area (Å²) >= 11 is 2.13. The molecule has 2 nitrogen and oxygen atoms in total. The molecule has 0 amide bonds. The number of methoxy groups -OCH3 is 1. The van der Waals surface area contributed by atoms with Gasteiger partial charge in [0.2, 0.25) is 0 Å². The molecule has 0 heterocycles. The molecule has 0 spiro atoms. The number of ether oxygens (including phenoxy) is 1. The van der Waals surface area contributed by atoms with Crippen LogP contribution in [0.2, 0.25) is 0 Å². The third kappa shape index (κ3) is 3.44. The van der Waals surface area contributed by atoms with Gasteiger partial charge in [0.25, 0.3) is 0 Å². The van der Waals surface area contributed by atoms with Crippen molar-refractivity contribution in [3.8, 4) is 0 Å². The Bertz CT molecular complexity index is 366. The van der Waals surface area contributed by atoms with Gasteiger partial charge in [-0.1, -0.05) is 6.92 Å². The average Bonchev–Trinajstić information content (AvgIpc) is 2.21. The van der Waals surface area contributed by atoms with Gasteiger partial charge in [-0.2, -0.15) is 0 Å². The smallest absolute Gasteiger partial charge is 0.306 e. The van der Waals surface area contributed by atoms with Crippen LogP contribution in [0.5, 0.6) is 0 Å². The summed E-state index contributed by atoms with van der Waals surface area (Å²) in [6.45, 7) is 1.88. The summed E-state index contributed by atoms with van der Waals surface area (Å²) in [6, 6.07) is 4.59. The summed E-state index contributed by atoms with van der Waals surface area (Å²) in [5, 5.41) is 0. The fourth-order valence-corrected chi connectivity index (χ4v) is 2.20. The number of rotatable bonds is 3. The first-order valence-electron chi connectivity index (χ1n) is 4.56. The number of carbonyl (C=O) groups excluding carboxylic acids is 1. The van der Waals surface area contributed by atoms with Crippen molar-refractivity contribution < 1.29 is 13.9 Å². The average molecular weight is 322 g/mol. The van der Waals surface area contributed by atoms with E-state index in [1.54, 1.807) is 6.07 Å². The van der Waals surface area contributed by atoms with E-state index in [1.807, 2.05) is 6.92 Å². The van der Waals surface area contributed by atoms with Crippen LogP contribution < -0.4 is 0 Å². The van der Waals surface area contributed by atoms with Gasteiger partial charge in [-0.25, -0.2) is 4.39 Å². The molecule has 82 valence electrons. The molecule has 0 saturated carbocycles. The maximum atomic E-state index is 13.0. The molecule has 4 heteroatoms. The molecular weight excluding hydrogens is 310 g/mol. The molecule has 0 aliphatic heterocycles. The third-order valence-electron chi connectivity index (χ3n) is 2.19. The van der Waals surface area contributed by atoms with Crippen LogP contribution in [0, 0.1) is 9.39 Å². The second kappa shape index (κ2) is 5.44. The van der Waals surface area contributed by atoms with Crippen molar-refractivity contribution in [2.75, 3.05) is 7.11 Å². The maximum Gasteiger partial charge on any atom is 0.306 e. The first kappa shape index (κ1) is 12.4. The zero-order valence-electron chi connectivity index (χ0n) is 8.59. The molecule has 0 aliphatic carbocycles. The van der Waals surface area contributed by atoms with E-state index in [4.69, 9.17) is 0 Å². The number of esters is 1. The van der Waals surface area contributed by atoms with Crippen LogP contribution in [0.3, 0.4) is 0 Å². The molecule has 0 bridgehead atoms. The van der Waals surface area contributed by atoms with Crippen molar-refractivity contribution in [3.05, 3.63) is 33.1 Å². The lowest BCUT2D eigenvalue weighted by molar-refractivity contribution is -0.140. The topological polar surface area (TPSA) is 26.3 Å². The Morgan fingerprint density at radius 1 is 1.60 bits per heavy atom. The molecule has 1 rings (SSSR count). The minimum absolute atomic E-state index is 0.0277. The minimum Gasteiger partial charge on any atom is -0.469 e. The molecule has 0 N–H and O–H groups in total. The van der Waals surface area contributed by atoms with Gasteiger partial charge >= 0.3 is 5.97 Å². The lowest BCUT2D eigenvalue weighted by atomic mass is 9.98. The van der Waals surface area contributed by atoms with Crippen LogP contribution in [0.1, 0.15) is 24.8 Å². The maximum absolute atomic E-state index is 13.0. The predicted molar refractivity (Wildman–Crippen MR) is 64.2 cm³/mol. The van der Waals surface area contributed by atoms with Gasteiger partial charge in [0.15, 0.2) is 0 Å². The van der Waals surface area contributed by atoms with E-state index in [0.717, 1.165) is 9.13 Å². The quantitative estimate of drug-likeness (QED) is 0.631. The summed E-state index contributed by atoms with van der Waals surface area (Å²) < 4.78 is 18.5. The molecule has 15 heavy (non-hydrogen) atoms. The van der Waals surface area contributed by atoms with Gasteiger partial charge in [0.05, 0.1) is 13.5 Å². The highest BCUT2D eigenvalue weighted by Crippen LogP contribution is 2.25. The third-order valence-corrected chi connectivity index (χ3v) is 3.17. The fraction of sp³-hybridized carbons (Fsp3) is 0.364. The first-order chi connectivity index (χ1) is 7.04. The molecule has 0 saturated heterocycles. The Morgan fingerprint density at radius 2 is 2.27 bits per heavy atom. The van der Waals surface area contributed by atoms with Crippen molar-refractivity contribution in [2.45, 2.75) is 19.3 Å². The zero-order valence-corrected chi connectivity index (χ0v) is 10.7. The second-order valence-electron chi connectivity index (χ2n) is 3.35. The van der Waals surface area contributed by atoms with Crippen LogP contribution >= 0.6 is 22.6 Å². The second-order valence-corrected chi connectivity index (χ2v) is 4.51.